The fourth-order valence-corrected chi connectivity index (χ4v) is 2.56. The third kappa shape index (κ3) is 69.9. The number of carboxylic acids is 1. The zero-order chi connectivity index (χ0) is 27.3. The standard InChI is InChI=1S/C18H32O2.3C4H10O.Ti/c1-2-3-4-5-6-7-8-9-10-11-12-13-14-15-16-17-18(19)20;3*1-2-3-4-5;/h6-7,9-10H,2-5,8,11-17H2,1H3,(H,19,20);3*5H,2-4H2,1H3;/p-1. The van der Waals surface area contributed by atoms with Crippen molar-refractivity contribution in [2.45, 2.75) is 143 Å². The van der Waals surface area contributed by atoms with Gasteiger partial charge in [-0.1, -0.05) is 103 Å². The van der Waals surface area contributed by atoms with Crippen LogP contribution < -0.4 is 5.11 Å². The van der Waals surface area contributed by atoms with Crippen molar-refractivity contribution in [1.29, 1.82) is 0 Å². The Kier molecular flexibility index (Phi) is 64.7. The van der Waals surface area contributed by atoms with Crippen molar-refractivity contribution in [2.75, 3.05) is 19.8 Å². The van der Waals surface area contributed by atoms with Gasteiger partial charge in [-0.25, -0.2) is 0 Å². The van der Waals surface area contributed by atoms with Gasteiger partial charge in [-0.15, -0.1) is 0 Å². The monoisotopic (exact) mass is 549 g/mol. The van der Waals surface area contributed by atoms with Crippen molar-refractivity contribution in [3.63, 3.8) is 0 Å². The minimum atomic E-state index is -0.921. The molecule has 0 aliphatic heterocycles. The predicted octanol–water partition coefficient (Wildman–Crippen LogP) is 6.88. The van der Waals surface area contributed by atoms with Gasteiger partial charge in [0.2, 0.25) is 0 Å². The van der Waals surface area contributed by atoms with Crippen LogP contribution in [0.25, 0.3) is 0 Å². The summed E-state index contributed by atoms with van der Waals surface area (Å²) in [5.41, 5.74) is 0. The van der Waals surface area contributed by atoms with E-state index >= 15 is 0 Å². The Bertz CT molecular complexity index is 381. The Hall–Kier alpha value is -0.456. The molecule has 0 unspecified atom stereocenters. The molecule has 216 valence electrons. The third-order valence-electron chi connectivity index (χ3n) is 4.87. The fraction of sp³-hybridized carbons (Fsp3) is 0.833. The van der Waals surface area contributed by atoms with Crippen molar-refractivity contribution in [1.82, 2.24) is 0 Å². The van der Waals surface area contributed by atoms with Crippen molar-refractivity contribution in [3.05, 3.63) is 24.3 Å². The van der Waals surface area contributed by atoms with Crippen LogP contribution in [0.3, 0.4) is 0 Å². The molecule has 0 saturated carbocycles. The van der Waals surface area contributed by atoms with Crippen LogP contribution in [0.2, 0.25) is 0 Å². The molecule has 5 nitrogen and oxygen atoms in total. The van der Waals surface area contributed by atoms with Crippen LogP contribution in [-0.2, 0) is 26.5 Å². The van der Waals surface area contributed by atoms with Crippen LogP contribution in [0.5, 0.6) is 0 Å². The average molecular weight is 550 g/mol. The summed E-state index contributed by atoms with van der Waals surface area (Å²) >= 11 is 0. The van der Waals surface area contributed by atoms with Gasteiger partial charge in [-0.3, -0.25) is 0 Å². The first kappa shape index (κ1) is 45.5. The molecule has 0 aromatic carbocycles. The zero-order valence-corrected chi connectivity index (χ0v) is 25.9. The van der Waals surface area contributed by atoms with Gasteiger partial charge < -0.3 is 25.2 Å². The number of hydrogen-bond donors (Lipinski definition) is 3. The number of carboxylic acid groups (broad SMARTS) is 1. The molecular weight excluding hydrogens is 488 g/mol. The molecule has 0 aromatic rings. The molecule has 0 amide bonds. The molecule has 0 bridgehead atoms. The first-order chi connectivity index (χ1) is 17.0. The largest absolute Gasteiger partial charge is 0.550 e. The molecule has 0 atom stereocenters. The fourth-order valence-electron chi connectivity index (χ4n) is 2.56. The Labute approximate surface area is 239 Å². The smallest absolute Gasteiger partial charge is 0.0430 e. The number of aliphatic hydroxyl groups is 3. The second-order valence-electron chi connectivity index (χ2n) is 8.58. The molecule has 0 fully saturated rings. The summed E-state index contributed by atoms with van der Waals surface area (Å²) in [6.45, 7) is 9.42. The maximum Gasteiger partial charge on any atom is 0.0430 e. The molecule has 0 aliphatic carbocycles. The van der Waals surface area contributed by atoms with E-state index in [1.165, 1.54) is 38.5 Å². The van der Waals surface area contributed by atoms with E-state index < -0.39 is 5.97 Å². The van der Waals surface area contributed by atoms with Gasteiger partial charge in [-0.05, 0) is 64.2 Å². The van der Waals surface area contributed by atoms with Crippen LogP contribution in [-0.4, -0.2) is 41.1 Å². The Balaban J connectivity index is -0.000000163. The minimum absolute atomic E-state index is 0. The van der Waals surface area contributed by atoms with Gasteiger partial charge in [0.1, 0.15) is 0 Å². The van der Waals surface area contributed by atoms with E-state index in [9.17, 15) is 9.90 Å². The molecule has 0 saturated heterocycles. The quantitative estimate of drug-likeness (QED) is 0.0873. The molecular formula is C30H61O5Ti-. The van der Waals surface area contributed by atoms with Gasteiger partial charge in [0, 0.05) is 47.5 Å². The van der Waals surface area contributed by atoms with E-state index in [0.29, 0.717) is 19.8 Å². The van der Waals surface area contributed by atoms with E-state index in [1.54, 1.807) is 0 Å². The molecule has 0 radical (unpaired) electrons. The van der Waals surface area contributed by atoms with Crippen LogP contribution in [0, 0.1) is 0 Å². The van der Waals surface area contributed by atoms with Gasteiger partial charge in [0.25, 0.3) is 0 Å². The SMILES string of the molecule is CCCCCC=CCC=CCCCCCCCC(=O)[O-].CCCCO.CCCCO.CCCCO.[Ti]. The summed E-state index contributed by atoms with van der Waals surface area (Å²) < 4.78 is 0. The summed E-state index contributed by atoms with van der Waals surface area (Å²) in [6.07, 6.45) is 28.1. The summed E-state index contributed by atoms with van der Waals surface area (Å²) in [6, 6.07) is 0. The van der Waals surface area contributed by atoms with Gasteiger partial charge >= 0.3 is 0 Å². The van der Waals surface area contributed by atoms with Gasteiger partial charge in [-0.2, -0.15) is 0 Å². The molecule has 0 aliphatic rings. The summed E-state index contributed by atoms with van der Waals surface area (Å²) in [7, 11) is 0. The topological polar surface area (TPSA) is 101 Å². The number of aliphatic carboxylic acids is 1. The van der Waals surface area contributed by atoms with E-state index in [1.807, 2.05) is 0 Å². The van der Waals surface area contributed by atoms with E-state index in [2.05, 4.69) is 52.0 Å². The number of carbonyl (C=O) groups is 1. The first-order valence-corrected chi connectivity index (χ1v) is 14.3. The predicted molar refractivity (Wildman–Crippen MR) is 150 cm³/mol. The number of allylic oxidation sites excluding steroid dienone is 4. The maximum atomic E-state index is 10.2. The summed E-state index contributed by atoms with van der Waals surface area (Å²) in [4.78, 5) is 10.2. The van der Waals surface area contributed by atoms with Crippen molar-refractivity contribution >= 4 is 5.97 Å². The molecule has 0 spiro atoms. The number of carbonyl (C=O) groups excluding carboxylic acids is 1. The second-order valence-corrected chi connectivity index (χ2v) is 8.58. The average Bonchev–Trinajstić information content (AvgIpc) is 2.84. The van der Waals surface area contributed by atoms with Crippen LogP contribution in [0.15, 0.2) is 24.3 Å². The molecule has 0 heterocycles. The molecule has 6 heteroatoms. The Morgan fingerprint density at radius 3 is 1.25 bits per heavy atom. The summed E-state index contributed by atoms with van der Waals surface area (Å²) in [5.74, 6) is -0.921. The normalized spacial score (nSPS) is 9.97. The second kappa shape index (κ2) is 51.2. The maximum absolute atomic E-state index is 10.2. The number of aliphatic hydroxyl groups excluding tert-OH is 3. The molecule has 3 N–H and O–H groups in total. The van der Waals surface area contributed by atoms with Crippen molar-refractivity contribution in [2.24, 2.45) is 0 Å². The number of unbranched alkanes of at least 4 members (excludes halogenated alkanes) is 11. The van der Waals surface area contributed by atoms with Crippen LogP contribution in [0.4, 0.5) is 0 Å². The van der Waals surface area contributed by atoms with Crippen LogP contribution in [0.1, 0.15) is 143 Å². The molecule has 0 rings (SSSR count). The first-order valence-electron chi connectivity index (χ1n) is 14.3. The van der Waals surface area contributed by atoms with Gasteiger partial charge in [0.15, 0.2) is 0 Å². The van der Waals surface area contributed by atoms with E-state index in [0.717, 1.165) is 70.6 Å². The summed E-state index contributed by atoms with van der Waals surface area (Å²) in [5, 5.41) is 34.4. The Morgan fingerprint density at radius 1 is 0.556 bits per heavy atom. The van der Waals surface area contributed by atoms with E-state index in [4.69, 9.17) is 15.3 Å². The van der Waals surface area contributed by atoms with Crippen molar-refractivity contribution < 1.29 is 46.9 Å². The van der Waals surface area contributed by atoms with Gasteiger partial charge in [0.05, 0.1) is 0 Å². The number of rotatable bonds is 20. The Morgan fingerprint density at radius 2 is 0.917 bits per heavy atom. The molecule has 36 heavy (non-hydrogen) atoms. The van der Waals surface area contributed by atoms with E-state index in [-0.39, 0.29) is 28.1 Å². The minimum Gasteiger partial charge on any atom is -0.550 e. The third-order valence-corrected chi connectivity index (χ3v) is 4.87. The number of hydrogen-bond acceptors (Lipinski definition) is 5. The molecule has 0 aromatic heterocycles. The van der Waals surface area contributed by atoms with Crippen molar-refractivity contribution in [3.8, 4) is 0 Å². The zero-order valence-electron chi connectivity index (χ0n) is 24.3. The van der Waals surface area contributed by atoms with Crippen LogP contribution >= 0.6 is 0 Å².